The van der Waals surface area contributed by atoms with Crippen molar-refractivity contribution in [1.29, 1.82) is 0 Å². The van der Waals surface area contributed by atoms with Gasteiger partial charge >= 0.3 is 0 Å². The number of anilines is 1. The number of halogens is 1. The summed E-state index contributed by atoms with van der Waals surface area (Å²) in [5.74, 6) is -0.759. The van der Waals surface area contributed by atoms with Crippen LogP contribution < -0.4 is 9.62 Å². The summed E-state index contributed by atoms with van der Waals surface area (Å²) in [5.41, 5.74) is 2.04. The van der Waals surface area contributed by atoms with Crippen molar-refractivity contribution in [2.24, 2.45) is 0 Å². The van der Waals surface area contributed by atoms with Crippen LogP contribution in [-0.4, -0.2) is 50.5 Å². The van der Waals surface area contributed by atoms with Crippen LogP contribution in [0.1, 0.15) is 30.9 Å². The Labute approximate surface area is 230 Å². The maximum Gasteiger partial charge on any atom is 0.244 e. The molecule has 3 rings (SSSR count). The van der Waals surface area contributed by atoms with Gasteiger partial charge in [0.2, 0.25) is 21.8 Å². The molecule has 202 valence electrons. The molecule has 3 aromatic carbocycles. The summed E-state index contributed by atoms with van der Waals surface area (Å²) in [7, 11) is -3.81. The first-order chi connectivity index (χ1) is 18.2. The Morgan fingerprint density at radius 2 is 1.47 bits per heavy atom. The van der Waals surface area contributed by atoms with E-state index in [1.165, 1.54) is 4.90 Å². The third-order valence-electron chi connectivity index (χ3n) is 6.09. The Bertz CT molecular complexity index is 1290. The number of unbranched alkanes of at least 4 members (excludes halogenated alkanes) is 1. The van der Waals surface area contributed by atoms with Crippen molar-refractivity contribution in [3.8, 4) is 0 Å². The molecule has 9 heteroatoms. The number of carbonyl (C=O) groups excluding carboxylic acids is 2. The van der Waals surface area contributed by atoms with Gasteiger partial charge in [-0.1, -0.05) is 85.6 Å². The van der Waals surface area contributed by atoms with Gasteiger partial charge in [0.1, 0.15) is 12.6 Å². The Balaban J connectivity index is 2.00. The van der Waals surface area contributed by atoms with E-state index in [2.05, 4.69) is 5.32 Å². The highest BCUT2D eigenvalue weighted by atomic mass is 35.5. The molecule has 0 saturated heterocycles. The number of hydrogen-bond donors (Lipinski definition) is 1. The van der Waals surface area contributed by atoms with Gasteiger partial charge in [-0.3, -0.25) is 13.9 Å². The second-order valence-corrected chi connectivity index (χ2v) is 11.4. The third-order valence-corrected chi connectivity index (χ3v) is 7.48. The monoisotopic (exact) mass is 555 g/mol. The van der Waals surface area contributed by atoms with Gasteiger partial charge in [0.15, 0.2) is 0 Å². The largest absolute Gasteiger partial charge is 0.354 e. The van der Waals surface area contributed by atoms with Crippen molar-refractivity contribution in [3.63, 3.8) is 0 Å². The second-order valence-electron chi connectivity index (χ2n) is 9.10. The Hall–Kier alpha value is -3.36. The summed E-state index contributed by atoms with van der Waals surface area (Å²) >= 11 is 6.00. The van der Waals surface area contributed by atoms with E-state index >= 15 is 0 Å². The smallest absolute Gasteiger partial charge is 0.244 e. The van der Waals surface area contributed by atoms with E-state index in [-0.39, 0.29) is 18.9 Å². The summed E-state index contributed by atoms with van der Waals surface area (Å²) < 4.78 is 26.5. The lowest BCUT2D eigenvalue weighted by Crippen LogP contribution is -2.53. The average Bonchev–Trinajstić information content (AvgIpc) is 2.90. The number of nitrogens with zero attached hydrogens (tertiary/aromatic N) is 2. The minimum Gasteiger partial charge on any atom is -0.354 e. The van der Waals surface area contributed by atoms with Crippen molar-refractivity contribution in [2.45, 2.75) is 38.8 Å². The highest BCUT2D eigenvalue weighted by Crippen LogP contribution is 2.22. The fourth-order valence-corrected chi connectivity index (χ4v) is 5.04. The Morgan fingerprint density at radius 1 is 0.895 bits per heavy atom. The van der Waals surface area contributed by atoms with Gasteiger partial charge in [0, 0.05) is 24.5 Å². The molecule has 1 atom stereocenters. The highest BCUT2D eigenvalue weighted by Gasteiger charge is 2.32. The van der Waals surface area contributed by atoms with Crippen LogP contribution in [0.25, 0.3) is 0 Å². The van der Waals surface area contributed by atoms with Crippen molar-refractivity contribution in [3.05, 3.63) is 101 Å². The lowest BCUT2D eigenvalue weighted by atomic mass is 10.0. The summed E-state index contributed by atoms with van der Waals surface area (Å²) in [5, 5.41) is 3.42. The first kappa shape index (κ1) is 29.2. The molecule has 0 saturated carbocycles. The van der Waals surface area contributed by atoms with Gasteiger partial charge in [0.25, 0.3) is 0 Å². The first-order valence-electron chi connectivity index (χ1n) is 12.6. The Morgan fingerprint density at radius 3 is 2.03 bits per heavy atom. The molecule has 7 nitrogen and oxygen atoms in total. The van der Waals surface area contributed by atoms with Crippen molar-refractivity contribution in [2.75, 3.05) is 23.7 Å². The van der Waals surface area contributed by atoms with E-state index in [9.17, 15) is 18.0 Å². The summed E-state index contributed by atoms with van der Waals surface area (Å²) in [6.45, 7) is 2.22. The lowest BCUT2D eigenvalue weighted by molar-refractivity contribution is -0.140. The molecule has 0 bridgehead atoms. The molecule has 0 radical (unpaired) electrons. The molecule has 3 aromatic rings. The normalized spacial score (nSPS) is 12.0. The van der Waals surface area contributed by atoms with E-state index in [1.54, 1.807) is 24.3 Å². The van der Waals surface area contributed by atoms with Gasteiger partial charge in [-0.2, -0.15) is 0 Å². The predicted octanol–water partition coefficient (Wildman–Crippen LogP) is 4.66. The molecule has 0 heterocycles. The summed E-state index contributed by atoms with van der Waals surface area (Å²) in [6.07, 6.45) is 3.07. The molecular weight excluding hydrogens is 522 g/mol. The van der Waals surface area contributed by atoms with Crippen molar-refractivity contribution < 1.29 is 18.0 Å². The Kier molecular flexibility index (Phi) is 10.7. The topological polar surface area (TPSA) is 86.8 Å². The zero-order valence-corrected chi connectivity index (χ0v) is 23.3. The van der Waals surface area contributed by atoms with Gasteiger partial charge < -0.3 is 10.2 Å². The quantitative estimate of drug-likeness (QED) is 0.311. The molecule has 1 N–H and O–H groups in total. The number of benzene rings is 3. The minimum absolute atomic E-state index is 0.149. The van der Waals surface area contributed by atoms with Crippen molar-refractivity contribution in [1.82, 2.24) is 10.2 Å². The number of rotatable bonds is 13. The maximum atomic E-state index is 13.9. The van der Waals surface area contributed by atoms with E-state index in [4.69, 9.17) is 11.6 Å². The molecule has 38 heavy (non-hydrogen) atoms. The van der Waals surface area contributed by atoms with Gasteiger partial charge in [-0.25, -0.2) is 8.42 Å². The van der Waals surface area contributed by atoms with E-state index < -0.39 is 28.5 Å². The van der Waals surface area contributed by atoms with Crippen LogP contribution in [-0.2, 0) is 32.6 Å². The third kappa shape index (κ3) is 8.60. The number of sulfonamides is 1. The zero-order valence-electron chi connectivity index (χ0n) is 21.7. The fraction of sp³-hybridized carbons (Fsp3) is 0.310. The van der Waals surface area contributed by atoms with Crippen molar-refractivity contribution >= 4 is 39.1 Å². The molecule has 0 aliphatic heterocycles. The molecule has 2 amide bonds. The number of carbonyl (C=O) groups is 2. The van der Waals surface area contributed by atoms with E-state index in [1.807, 2.05) is 67.6 Å². The molecule has 0 spiro atoms. The maximum absolute atomic E-state index is 13.9. The molecule has 0 fully saturated rings. The summed E-state index contributed by atoms with van der Waals surface area (Å²) in [4.78, 5) is 28.9. The van der Waals surface area contributed by atoms with Crippen LogP contribution in [0.3, 0.4) is 0 Å². The summed E-state index contributed by atoms with van der Waals surface area (Å²) in [6, 6.07) is 24.2. The average molecular weight is 556 g/mol. The zero-order chi connectivity index (χ0) is 27.5. The standard InChI is InChI=1S/C29H34ClN3O4S/c1-3-4-19-31-29(35)27(20-23-11-7-5-8-12-23)32(21-24-13-9-6-10-14-24)28(34)22-33(38(2,36)37)26-17-15-25(30)16-18-26/h5-18,27H,3-4,19-22H2,1-2H3,(H,31,35)/t27-/m0/s1. The van der Waals surface area contributed by atoms with Crippen LogP contribution in [0.15, 0.2) is 84.9 Å². The van der Waals surface area contributed by atoms with Gasteiger partial charge in [-0.15, -0.1) is 0 Å². The van der Waals surface area contributed by atoms with Crippen LogP contribution >= 0.6 is 11.6 Å². The van der Waals surface area contributed by atoms with E-state index in [0.717, 1.165) is 34.5 Å². The minimum atomic E-state index is -3.81. The van der Waals surface area contributed by atoms with Crippen LogP contribution in [0.4, 0.5) is 5.69 Å². The molecule has 0 unspecified atom stereocenters. The molecule has 0 aliphatic carbocycles. The molecule has 0 aromatic heterocycles. The first-order valence-corrected chi connectivity index (χ1v) is 14.8. The number of hydrogen-bond acceptors (Lipinski definition) is 4. The number of nitrogens with one attached hydrogen (secondary N) is 1. The van der Waals surface area contributed by atoms with E-state index in [0.29, 0.717) is 17.3 Å². The number of amides is 2. The van der Waals surface area contributed by atoms with Gasteiger partial charge in [0.05, 0.1) is 11.9 Å². The highest BCUT2D eigenvalue weighted by molar-refractivity contribution is 7.92. The van der Waals surface area contributed by atoms with Crippen LogP contribution in [0.5, 0.6) is 0 Å². The second kappa shape index (κ2) is 14.0. The van der Waals surface area contributed by atoms with Gasteiger partial charge in [-0.05, 0) is 41.8 Å². The van der Waals surface area contributed by atoms with Crippen LogP contribution in [0, 0.1) is 0 Å². The van der Waals surface area contributed by atoms with Crippen LogP contribution in [0.2, 0.25) is 5.02 Å². The molecular formula is C29H34ClN3O4S. The fourth-order valence-electron chi connectivity index (χ4n) is 4.06. The lowest BCUT2D eigenvalue weighted by Gasteiger charge is -2.33. The SMILES string of the molecule is CCCCNC(=O)[C@H](Cc1ccccc1)N(Cc1ccccc1)C(=O)CN(c1ccc(Cl)cc1)S(C)(=O)=O. The molecule has 0 aliphatic rings. The predicted molar refractivity (Wildman–Crippen MR) is 152 cm³/mol.